The molecule has 2 aromatic carbocycles. The van der Waals surface area contributed by atoms with E-state index in [1.807, 2.05) is 36.4 Å². The van der Waals surface area contributed by atoms with Crippen LogP contribution in [0.1, 0.15) is 0 Å². The summed E-state index contributed by atoms with van der Waals surface area (Å²) < 4.78 is 11.2. The maximum absolute atomic E-state index is 8.62. The van der Waals surface area contributed by atoms with Gasteiger partial charge in [-0.15, -0.1) is 0 Å². The van der Waals surface area contributed by atoms with Crippen molar-refractivity contribution in [3.63, 3.8) is 0 Å². The molecular formula is C16H18ClNO3. The molecule has 2 aromatic rings. The Morgan fingerprint density at radius 3 is 2.05 bits per heavy atom. The van der Waals surface area contributed by atoms with Crippen LogP contribution in [0.2, 0.25) is 5.02 Å². The number of hydrogen-bond donors (Lipinski definition) is 2. The summed E-state index contributed by atoms with van der Waals surface area (Å²) in [5.41, 5.74) is 0. The average Bonchev–Trinajstić information content (AvgIpc) is 2.51. The van der Waals surface area contributed by atoms with Gasteiger partial charge in [0.15, 0.2) is 0 Å². The maximum Gasteiger partial charge on any atom is 0.127 e. The Morgan fingerprint density at radius 1 is 0.857 bits per heavy atom. The van der Waals surface area contributed by atoms with Gasteiger partial charge in [0.2, 0.25) is 0 Å². The molecule has 0 spiro atoms. The lowest BCUT2D eigenvalue weighted by Gasteiger charge is -2.09. The van der Waals surface area contributed by atoms with E-state index in [2.05, 4.69) is 5.32 Å². The van der Waals surface area contributed by atoms with E-state index in [1.54, 1.807) is 12.1 Å². The molecular weight excluding hydrogens is 290 g/mol. The van der Waals surface area contributed by atoms with E-state index in [-0.39, 0.29) is 6.61 Å². The average molecular weight is 308 g/mol. The lowest BCUT2D eigenvalue weighted by Crippen LogP contribution is -2.23. The van der Waals surface area contributed by atoms with Crippen molar-refractivity contribution in [2.75, 3.05) is 26.3 Å². The third kappa shape index (κ3) is 5.63. The monoisotopic (exact) mass is 307 g/mol. The molecule has 2 N–H and O–H groups in total. The van der Waals surface area contributed by atoms with Crippen LogP contribution >= 0.6 is 11.6 Å². The van der Waals surface area contributed by atoms with E-state index >= 15 is 0 Å². The standard InChI is InChI=1S/C16H18ClNO3/c17-13-1-3-15(4-2-13)21-16-7-5-14(6-8-16)20-12-10-18-9-11-19/h1-8,18-19H,9-12H2. The summed E-state index contributed by atoms with van der Waals surface area (Å²) >= 11 is 5.82. The minimum Gasteiger partial charge on any atom is -0.492 e. The van der Waals surface area contributed by atoms with E-state index in [4.69, 9.17) is 26.2 Å². The van der Waals surface area contributed by atoms with Crippen LogP contribution in [0.15, 0.2) is 48.5 Å². The molecule has 112 valence electrons. The number of benzene rings is 2. The van der Waals surface area contributed by atoms with Gasteiger partial charge in [0, 0.05) is 18.1 Å². The van der Waals surface area contributed by atoms with Gasteiger partial charge < -0.3 is 19.9 Å². The van der Waals surface area contributed by atoms with Gasteiger partial charge in [-0.3, -0.25) is 0 Å². The van der Waals surface area contributed by atoms with Crippen LogP contribution in [0.3, 0.4) is 0 Å². The second-order valence-electron chi connectivity index (χ2n) is 4.35. The first-order valence-corrected chi connectivity index (χ1v) is 7.13. The van der Waals surface area contributed by atoms with Crippen molar-refractivity contribution < 1.29 is 14.6 Å². The SMILES string of the molecule is OCCNCCOc1ccc(Oc2ccc(Cl)cc2)cc1. The van der Waals surface area contributed by atoms with Crippen LogP contribution in [0.25, 0.3) is 0 Å². The fraction of sp³-hybridized carbons (Fsp3) is 0.250. The second kappa shape index (κ2) is 8.52. The molecule has 0 fully saturated rings. The number of hydrogen-bond acceptors (Lipinski definition) is 4. The molecule has 0 bridgehead atoms. The molecule has 0 saturated carbocycles. The van der Waals surface area contributed by atoms with Gasteiger partial charge in [0.1, 0.15) is 23.9 Å². The number of ether oxygens (including phenoxy) is 2. The number of aliphatic hydroxyl groups is 1. The van der Waals surface area contributed by atoms with Crippen LogP contribution in [0, 0.1) is 0 Å². The highest BCUT2D eigenvalue weighted by Crippen LogP contribution is 2.24. The summed E-state index contributed by atoms with van der Waals surface area (Å²) in [5, 5.41) is 12.3. The zero-order valence-electron chi connectivity index (χ0n) is 11.6. The molecule has 0 atom stereocenters. The molecule has 0 radical (unpaired) electrons. The van der Waals surface area contributed by atoms with E-state index < -0.39 is 0 Å². The van der Waals surface area contributed by atoms with Crippen LogP contribution in [0.5, 0.6) is 17.2 Å². The number of nitrogens with one attached hydrogen (secondary N) is 1. The Balaban J connectivity index is 1.80. The smallest absolute Gasteiger partial charge is 0.127 e. The van der Waals surface area contributed by atoms with Crippen molar-refractivity contribution >= 4 is 11.6 Å². The molecule has 0 unspecified atom stereocenters. The van der Waals surface area contributed by atoms with Crippen molar-refractivity contribution in [1.82, 2.24) is 5.32 Å². The molecule has 4 nitrogen and oxygen atoms in total. The molecule has 0 aliphatic rings. The highest BCUT2D eigenvalue weighted by molar-refractivity contribution is 6.30. The Hall–Kier alpha value is -1.75. The number of aliphatic hydroxyl groups excluding tert-OH is 1. The third-order valence-electron chi connectivity index (χ3n) is 2.71. The summed E-state index contributed by atoms with van der Waals surface area (Å²) in [7, 11) is 0. The maximum atomic E-state index is 8.62. The van der Waals surface area contributed by atoms with Crippen molar-refractivity contribution in [1.29, 1.82) is 0 Å². The molecule has 0 aromatic heterocycles. The Kier molecular flexibility index (Phi) is 6.34. The zero-order valence-corrected chi connectivity index (χ0v) is 12.3. The fourth-order valence-corrected chi connectivity index (χ4v) is 1.81. The van der Waals surface area contributed by atoms with Crippen molar-refractivity contribution in [2.45, 2.75) is 0 Å². The molecule has 0 heterocycles. The largest absolute Gasteiger partial charge is 0.492 e. The van der Waals surface area contributed by atoms with Crippen LogP contribution in [-0.2, 0) is 0 Å². The van der Waals surface area contributed by atoms with Crippen LogP contribution < -0.4 is 14.8 Å². The molecule has 0 saturated heterocycles. The predicted octanol–water partition coefficient (Wildman–Crippen LogP) is 3.09. The number of halogens is 1. The van der Waals surface area contributed by atoms with Gasteiger partial charge in [-0.1, -0.05) is 11.6 Å². The zero-order chi connectivity index (χ0) is 14.9. The normalized spacial score (nSPS) is 10.4. The van der Waals surface area contributed by atoms with Gasteiger partial charge in [0.25, 0.3) is 0 Å². The fourth-order valence-electron chi connectivity index (χ4n) is 1.69. The minimum atomic E-state index is 0.136. The second-order valence-corrected chi connectivity index (χ2v) is 4.79. The highest BCUT2D eigenvalue weighted by Gasteiger charge is 1.99. The molecule has 0 aliphatic heterocycles. The lowest BCUT2D eigenvalue weighted by atomic mass is 10.3. The Bertz CT molecular complexity index is 528. The van der Waals surface area contributed by atoms with Crippen molar-refractivity contribution in [2.24, 2.45) is 0 Å². The molecule has 2 rings (SSSR count). The van der Waals surface area contributed by atoms with E-state index in [1.165, 1.54) is 0 Å². The van der Waals surface area contributed by atoms with E-state index in [0.29, 0.717) is 24.7 Å². The van der Waals surface area contributed by atoms with Gasteiger partial charge in [-0.05, 0) is 48.5 Å². The van der Waals surface area contributed by atoms with Crippen LogP contribution in [-0.4, -0.2) is 31.4 Å². The van der Waals surface area contributed by atoms with E-state index in [0.717, 1.165) is 17.2 Å². The highest BCUT2D eigenvalue weighted by atomic mass is 35.5. The van der Waals surface area contributed by atoms with Gasteiger partial charge >= 0.3 is 0 Å². The number of rotatable bonds is 8. The molecule has 21 heavy (non-hydrogen) atoms. The molecule has 0 amide bonds. The predicted molar refractivity (Wildman–Crippen MR) is 83.4 cm³/mol. The summed E-state index contributed by atoms with van der Waals surface area (Å²) in [6.45, 7) is 1.97. The molecule has 5 heteroatoms. The first kappa shape index (κ1) is 15.6. The minimum absolute atomic E-state index is 0.136. The van der Waals surface area contributed by atoms with Crippen LogP contribution in [0.4, 0.5) is 0 Å². The lowest BCUT2D eigenvalue weighted by molar-refractivity contribution is 0.276. The summed E-state index contributed by atoms with van der Waals surface area (Å²) in [4.78, 5) is 0. The van der Waals surface area contributed by atoms with E-state index in [9.17, 15) is 0 Å². The topological polar surface area (TPSA) is 50.7 Å². The summed E-state index contributed by atoms with van der Waals surface area (Å²) in [5.74, 6) is 2.26. The first-order valence-electron chi connectivity index (χ1n) is 6.76. The van der Waals surface area contributed by atoms with Crippen molar-refractivity contribution in [3.05, 3.63) is 53.6 Å². The van der Waals surface area contributed by atoms with Gasteiger partial charge in [0.05, 0.1) is 6.61 Å². The third-order valence-corrected chi connectivity index (χ3v) is 2.96. The summed E-state index contributed by atoms with van der Waals surface area (Å²) in [6.07, 6.45) is 0. The first-order chi connectivity index (χ1) is 10.3. The summed E-state index contributed by atoms with van der Waals surface area (Å²) in [6, 6.07) is 14.6. The van der Waals surface area contributed by atoms with Gasteiger partial charge in [-0.2, -0.15) is 0 Å². The van der Waals surface area contributed by atoms with Crippen molar-refractivity contribution in [3.8, 4) is 17.2 Å². The molecule has 0 aliphatic carbocycles. The Labute approximate surface area is 129 Å². The Morgan fingerprint density at radius 2 is 1.43 bits per heavy atom. The quantitative estimate of drug-likeness (QED) is 0.736. The van der Waals surface area contributed by atoms with Gasteiger partial charge in [-0.25, -0.2) is 0 Å².